The van der Waals surface area contributed by atoms with Gasteiger partial charge in [-0.3, -0.25) is 9.59 Å². The standard InChI is InChI=1S/C21H21N3O2/c1-13-11-19(25)23-24-20(13)15-7-9-16(10-8-15)22-21(26)18-12-17(18)14-5-3-2-4-6-14/h2-10,13,17-18H,11-12H2,1H3,(H,22,26)(H,23,25). The van der Waals surface area contributed by atoms with E-state index in [2.05, 4.69) is 28.0 Å². The summed E-state index contributed by atoms with van der Waals surface area (Å²) in [5.41, 5.74) is 6.38. The Kier molecular flexibility index (Phi) is 4.29. The molecule has 0 spiro atoms. The van der Waals surface area contributed by atoms with Gasteiger partial charge < -0.3 is 5.32 Å². The minimum atomic E-state index is -0.0532. The molecule has 5 heteroatoms. The second-order valence-corrected chi connectivity index (χ2v) is 7.06. The SMILES string of the molecule is CC1CC(=O)NN=C1c1ccc(NC(=O)C2CC2c2ccccc2)cc1. The van der Waals surface area contributed by atoms with Gasteiger partial charge >= 0.3 is 0 Å². The van der Waals surface area contributed by atoms with E-state index in [1.54, 1.807) is 0 Å². The lowest BCUT2D eigenvalue weighted by molar-refractivity contribution is -0.122. The summed E-state index contributed by atoms with van der Waals surface area (Å²) in [5, 5.41) is 7.17. The van der Waals surface area contributed by atoms with Gasteiger partial charge in [0.2, 0.25) is 11.8 Å². The van der Waals surface area contributed by atoms with Crippen molar-refractivity contribution in [2.75, 3.05) is 5.32 Å². The summed E-state index contributed by atoms with van der Waals surface area (Å²) >= 11 is 0. The van der Waals surface area contributed by atoms with Gasteiger partial charge in [-0.15, -0.1) is 0 Å². The van der Waals surface area contributed by atoms with Crippen molar-refractivity contribution in [2.45, 2.75) is 25.7 Å². The van der Waals surface area contributed by atoms with E-state index in [0.717, 1.165) is 23.4 Å². The summed E-state index contributed by atoms with van der Waals surface area (Å²) in [7, 11) is 0. The van der Waals surface area contributed by atoms with E-state index in [-0.39, 0.29) is 23.7 Å². The molecule has 0 bridgehead atoms. The first kappa shape index (κ1) is 16.5. The minimum absolute atomic E-state index is 0.0510. The number of nitrogens with zero attached hydrogens (tertiary/aromatic N) is 1. The molecule has 0 radical (unpaired) electrons. The molecule has 2 aromatic rings. The summed E-state index contributed by atoms with van der Waals surface area (Å²) < 4.78 is 0. The highest BCUT2D eigenvalue weighted by Gasteiger charge is 2.43. The van der Waals surface area contributed by atoms with Crippen LogP contribution in [0.5, 0.6) is 0 Å². The highest BCUT2D eigenvalue weighted by molar-refractivity contribution is 6.06. The number of hydrogen-bond donors (Lipinski definition) is 2. The molecular weight excluding hydrogens is 326 g/mol. The Hall–Kier alpha value is -2.95. The van der Waals surface area contributed by atoms with Crippen LogP contribution < -0.4 is 10.7 Å². The Bertz CT molecular complexity index is 859. The highest BCUT2D eigenvalue weighted by Crippen LogP contribution is 2.47. The van der Waals surface area contributed by atoms with Crippen molar-refractivity contribution in [3.63, 3.8) is 0 Å². The first-order valence-corrected chi connectivity index (χ1v) is 8.94. The average molecular weight is 347 g/mol. The van der Waals surface area contributed by atoms with E-state index in [4.69, 9.17) is 0 Å². The summed E-state index contributed by atoms with van der Waals surface area (Å²) in [4.78, 5) is 23.8. The molecular formula is C21H21N3O2. The van der Waals surface area contributed by atoms with Gasteiger partial charge in [-0.1, -0.05) is 49.4 Å². The maximum atomic E-state index is 12.5. The lowest BCUT2D eigenvalue weighted by Crippen LogP contribution is -2.31. The normalized spacial score (nSPS) is 24.4. The molecule has 1 aliphatic heterocycles. The third-order valence-corrected chi connectivity index (χ3v) is 5.06. The maximum absolute atomic E-state index is 12.5. The molecule has 2 N–H and O–H groups in total. The Labute approximate surface area is 152 Å². The van der Waals surface area contributed by atoms with Crippen LogP contribution in [0.3, 0.4) is 0 Å². The molecule has 5 nitrogen and oxygen atoms in total. The van der Waals surface area contributed by atoms with Crippen molar-refractivity contribution >= 4 is 23.2 Å². The Morgan fingerprint density at radius 3 is 2.54 bits per heavy atom. The van der Waals surface area contributed by atoms with Crippen molar-refractivity contribution in [3.05, 3.63) is 65.7 Å². The lowest BCUT2D eigenvalue weighted by Gasteiger charge is -2.19. The molecule has 1 heterocycles. The zero-order valence-corrected chi connectivity index (χ0v) is 14.6. The summed E-state index contributed by atoms with van der Waals surface area (Å²) in [6.07, 6.45) is 1.35. The van der Waals surface area contributed by atoms with E-state index in [1.807, 2.05) is 49.4 Å². The van der Waals surface area contributed by atoms with E-state index in [0.29, 0.717) is 12.3 Å². The van der Waals surface area contributed by atoms with Crippen LogP contribution >= 0.6 is 0 Å². The Morgan fingerprint density at radius 1 is 1.12 bits per heavy atom. The van der Waals surface area contributed by atoms with Gasteiger partial charge in [0.25, 0.3) is 0 Å². The maximum Gasteiger partial charge on any atom is 0.240 e. The predicted molar refractivity (Wildman–Crippen MR) is 101 cm³/mol. The topological polar surface area (TPSA) is 70.6 Å². The minimum Gasteiger partial charge on any atom is -0.326 e. The van der Waals surface area contributed by atoms with Gasteiger partial charge in [0.1, 0.15) is 0 Å². The fraction of sp³-hybridized carbons (Fsp3) is 0.286. The van der Waals surface area contributed by atoms with Crippen LogP contribution in [0.4, 0.5) is 5.69 Å². The fourth-order valence-corrected chi connectivity index (χ4v) is 3.51. The monoisotopic (exact) mass is 347 g/mol. The lowest BCUT2D eigenvalue weighted by atomic mass is 9.94. The molecule has 132 valence electrons. The van der Waals surface area contributed by atoms with Crippen molar-refractivity contribution in [3.8, 4) is 0 Å². The number of rotatable bonds is 4. The molecule has 3 atom stereocenters. The van der Waals surface area contributed by atoms with Gasteiger partial charge in [-0.2, -0.15) is 5.10 Å². The van der Waals surface area contributed by atoms with Gasteiger partial charge in [0.05, 0.1) is 5.71 Å². The van der Waals surface area contributed by atoms with Crippen molar-refractivity contribution < 1.29 is 9.59 Å². The van der Waals surface area contributed by atoms with E-state index in [9.17, 15) is 9.59 Å². The van der Waals surface area contributed by atoms with Crippen molar-refractivity contribution in [2.24, 2.45) is 16.9 Å². The smallest absolute Gasteiger partial charge is 0.240 e. The van der Waals surface area contributed by atoms with Crippen molar-refractivity contribution in [1.29, 1.82) is 0 Å². The second-order valence-electron chi connectivity index (χ2n) is 7.06. The van der Waals surface area contributed by atoms with Crippen molar-refractivity contribution in [1.82, 2.24) is 5.43 Å². The van der Waals surface area contributed by atoms with Crippen LogP contribution in [0.1, 0.15) is 36.8 Å². The molecule has 2 amide bonds. The Morgan fingerprint density at radius 2 is 1.85 bits per heavy atom. The largest absolute Gasteiger partial charge is 0.326 e. The third kappa shape index (κ3) is 3.38. The second kappa shape index (κ2) is 6.75. The van der Waals surface area contributed by atoms with Crippen LogP contribution in [0.15, 0.2) is 59.7 Å². The van der Waals surface area contributed by atoms with E-state index >= 15 is 0 Å². The molecule has 0 saturated heterocycles. The van der Waals surface area contributed by atoms with Gasteiger partial charge in [-0.05, 0) is 35.6 Å². The van der Waals surface area contributed by atoms with Gasteiger partial charge in [0, 0.05) is 23.9 Å². The van der Waals surface area contributed by atoms with E-state index in [1.165, 1.54) is 5.56 Å². The van der Waals surface area contributed by atoms with Gasteiger partial charge in [-0.25, -0.2) is 5.43 Å². The molecule has 1 fully saturated rings. The number of hydrogen-bond acceptors (Lipinski definition) is 3. The molecule has 4 rings (SSSR count). The fourth-order valence-electron chi connectivity index (χ4n) is 3.51. The summed E-state index contributed by atoms with van der Waals surface area (Å²) in [5.74, 6) is 0.485. The zero-order chi connectivity index (χ0) is 18.1. The number of anilines is 1. The summed E-state index contributed by atoms with van der Waals surface area (Å²) in [6.45, 7) is 1.99. The number of nitrogens with one attached hydrogen (secondary N) is 2. The van der Waals surface area contributed by atoms with Crippen LogP contribution in [-0.4, -0.2) is 17.5 Å². The average Bonchev–Trinajstić information content (AvgIpc) is 3.44. The molecule has 2 aliphatic rings. The quantitative estimate of drug-likeness (QED) is 0.891. The first-order valence-electron chi connectivity index (χ1n) is 8.94. The van der Waals surface area contributed by atoms with Crippen LogP contribution in [0.25, 0.3) is 0 Å². The van der Waals surface area contributed by atoms with E-state index < -0.39 is 0 Å². The predicted octanol–water partition coefficient (Wildman–Crippen LogP) is 3.29. The molecule has 1 saturated carbocycles. The molecule has 1 aliphatic carbocycles. The number of hydrazone groups is 1. The highest BCUT2D eigenvalue weighted by atomic mass is 16.2. The van der Waals surface area contributed by atoms with Crippen LogP contribution in [-0.2, 0) is 9.59 Å². The number of carbonyl (C=O) groups is 2. The number of benzene rings is 2. The van der Waals surface area contributed by atoms with Crippen LogP contribution in [0.2, 0.25) is 0 Å². The number of carbonyl (C=O) groups excluding carboxylic acids is 2. The molecule has 0 aromatic heterocycles. The molecule has 26 heavy (non-hydrogen) atoms. The van der Waals surface area contributed by atoms with Crippen LogP contribution in [0, 0.1) is 11.8 Å². The third-order valence-electron chi connectivity index (χ3n) is 5.06. The zero-order valence-electron chi connectivity index (χ0n) is 14.6. The first-order chi connectivity index (χ1) is 12.6. The van der Waals surface area contributed by atoms with Gasteiger partial charge in [0.15, 0.2) is 0 Å². The molecule has 3 unspecified atom stereocenters. The number of amides is 2. The molecule has 2 aromatic carbocycles. The Balaban J connectivity index is 1.39. The summed E-state index contributed by atoms with van der Waals surface area (Å²) in [6, 6.07) is 17.8.